The molecule has 1 aromatic rings. The molecule has 4 heteroatoms. The summed E-state index contributed by atoms with van der Waals surface area (Å²) >= 11 is 0. The van der Waals surface area contributed by atoms with Crippen LogP contribution in [0.2, 0.25) is 0 Å². The van der Waals surface area contributed by atoms with Crippen molar-refractivity contribution in [1.82, 2.24) is 5.43 Å². The van der Waals surface area contributed by atoms with Gasteiger partial charge in [-0.25, -0.2) is 8.78 Å². The Morgan fingerprint density at radius 1 is 1.18 bits per heavy atom. The van der Waals surface area contributed by atoms with E-state index in [0.717, 1.165) is 0 Å². The fourth-order valence-electron chi connectivity index (χ4n) is 1.81. The van der Waals surface area contributed by atoms with E-state index < -0.39 is 11.6 Å². The summed E-state index contributed by atoms with van der Waals surface area (Å²) in [6.45, 7) is 6.15. The highest BCUT2D eigenvalue weighted by Crippen LogP contribution is 2.20. The van der Waals surface area contributed by atoms with Gasteiger partial charge in [0.2, 0.25) is 0 Å². The summed E-state index contributed by atoms with van der Waals surface area (Å²) in [5.74, 6) is 5.07. The van der Waals surface area contributed by atoms with E-state index in [0.29, 0.717) is 5.92 Å². The van der Waals surface area contributed by atoms with Crippen molar-refractivity contribution in [3.05, 3.63) is 35.4 Å². The lowest BCUT2D eigenvalue weighted by molar-refractivity contribution is 0.295. The van der Waals surface area contributed by atoms with Gasteiger partial charge in [0, 0.05) is 11.6 Å². The average Bonchev–Trinajstić information content (AvgIpc) is 2.28. The highest BCUT2D eigenvalue weighted by molar-refractivity contribution is 5.20. The van der Waals surface area contributed by atoms with Crippen LogP contribution in [0.5, 0.6) is 0 Å². The van der Waals surface area contributed by atoms with E-state index in [1.165, 1.54) is 18.2 Å². The van der Waals surface area contributed by atoms with E-state index in [4.69, 9.17) is 5.84 Å². The van der Waals surface area contributed by atoms with Crippen LogP contribution in [0.25, 0.3) is 0 Å². The molecule has 0 bridgehead atoms. The van der Waals surface area contributed by atoms with Crippen LogP contribution >= 0.6 is 0 Å². The Bertz CT molecular complexity index is 346. The number of benzene rings is 1. The fourth-order valence-corrected chi connectivity index (χ4v) is 1.81. The Balaban J connectivity index is 2.88. The van der Waals surface area contributed by atoms with Gasteiger partial charge in [0.15, 0.2) is 0 Å². The highest BCUT2D eigenvalue weighted by atomic mass is 19.1. The van der Waals surface area contributed by atoms with Gasteiger partial charge in [-0.15, -0.1) is 0 Å². The molecule has 0 radical (unpaired) electrons. The number of hydrazine groups is 1. The van der Waals surface area contributed by atoms with Crippen LogP contribution in [0.3, 0.4) is 0 Å². The van der Waals surface area contributed by atoms with Crippen molar-refractivity contribution in [3.8, 4) is 0 Å². The topological polar surface area (TPSA) is 38.0 Å². The largest absolute Gasteiger partial charge is 0.271 e. The lowest BCUT2D eigenvalue weighted by Crippen LogP contribution is -2.43. The van der Waals surface area contributed by atoms with Gasteiger partial charge in [0.25, 0.3) is 0 Å². The first-order valence-electron chi connectivity index (χ1n) is 5.86. The Labute approximate surface area is 101 Å². The smallest absolute Gasteiger partial charge is 0.129 e. The van der Waals surface area contributed by atoms with Gasteiger partial charge in [0.05, 0.1) is 0 Å². The van der Waals surface area contributed by atoms with Gasteiger partial charge in [-0.3, -0.25) is 11.3 Å². The van der Waals surface area contributed by atoms with Crippen molar-refractivity contribution in [3.63, 3.8) is 0 Å². The molecule has 0 aliphatic rings. The zero-order valence-corrected chi connectivity index (χ0v) is 10.5. The quantitative estimate of drug-likeness (QED) is 0.615. The summed E-state index contributed by atoms with van der Waals surface area (Å²) in [6.07, 6.45) is 0.258. The van der Waals surface area contributed by atoms with E-state index in [-0.39, 0.29) is 23.9 Å². The van der Waals surface area contributed by atoms with Crippen molar-refractivity contribution in [2.24, 2.45) is 17.7 Å². The molecule has 1 rings (SSSR count). The summed E-state index contributed by atoms with van der Waals surface area (Å²) in [7, 11) is 0. The normalized spacial score (nSPS) is 15.0. The first-order chi connectivity index (χ1) is 7.97. The standard InChI is InChI=1S/C13H20F2N2/c1-8(2)9(3)13(17-16)7-10-11(14)5-4-6-12(10)15/h4-6,8-9,13,17H,7,16H2,1-3H3. The summed E-state index contributed by atoms with van der Waals surface area (Å²) in [6, 6.07) is 3.77. The Kier molecular flexibility index (Phi) is 5.02. The van der Waals surface area contributed by atoms with Crippen LogP contribution in [0.1, 0.15) is 26.3 Å². The van der Waals surface area contributed by atoms with E-state index >= 15 is 0 Å². The van der Waals surface area contributed by atoms with Gasteiger partial charge in [-0.2, -0.15) is 0 Å². The van der Waals surface area contributed by atoms with Crippen LogP contribution in [-0.2, 0) is 6.42 Å². The van der Waals surface area contributed by atoms with E-state index in [9.17, 15) is 8.78 Å². The molecule has 0 spiro atoms. The molecule has 0 aliphatic heterocycles. The maximum absolute atomic E-state index is 13.5. The molecule has 3 N–H and O–H groups in total. The lowest BCUT2D eigenvalue weighted by Gasteiger charge is -2.26. The lowest BCUT2D eigenvalue weighted by atomic mass is 9.87. The van der Waals surface area contributed by atoms with Crippen molar-refractivity contribution < 1.29 is 8.78 Å². The number of halogens is 2. The molecule has 0 fully saturated rings. The van der Waals surface area contributed by atoms with Gasteiger partial charge >= 0.3 is 0 Å². The van der Waals surface area contributed by atoms with Crippen molar-refractivity contribution in [2.45, 2.75) is 33.2 Å². The van der Waals surface area contributed by atoms with Crippen molar-refractivity contribution >= 4 is 0 Å². The third kappa shape index (κ3) is 3.48. The number of hydrogen-bond acceptors (Lipinski definition) is 2. The van der Waals surface area contributed by atoms with Crippen molar-refractivity contribution in [1.29, 1.82) is 0 Å². The monoisotopic (exact) mass is 242 g/mol. The average molecular weight is 242 g/mol. The molecule has 2 nitrogen and oxygen atoms in total. The fraction of sp³-hybridized carbons (Fsp3) is 0.538. The van der Waals surface area contributed by atoms with Gasteiger partial charge in [-0.05, 0) is 30.4 Å². The second kappa shape index (κ2) is 6.07. The number of nitrogens with one attached hydrogen (secondary N) is 1. The molecule has 0 saturated carbocycles. The van der Waals surface area contributed by atoms with Crippen molar-refractivity contribution in [2.75, 3.05) is 0 Å². The maximum Gasteiger partial charge on any atom is 0.129 e. The summed E-state index contributed by atoms with van der Waals surface area (Å²) in [4.78, 5) is 0. The molecule has 0 heterocycles. The minimum absolute atomic E-state index is 0.1000. The van der Waals surface area contributed by atoms with E-state index in [1.54, 1.807) is 0 Å². The first kappa shape index (κ1) is 14.1. The molecule has 96 valence electrons. The predicted octanol–water partition coefficient (Wildman–Crippen LogP) is 2.63. The molecular formula is C13H20F2N2. The zero-order chi connectivity index (χ0) is 13.0. The molecule has 2 atom stereocenters. The van der Waals surface area contributed by atoms with Crippen LogP contribution in [0.15, 0.2) is 18.2 Å². The second-order valence-electron chi connectivity index (χ2n) is 4.78. The summed E-state index contributed by atoms with van der Waals surface area (Å²) < 4.78 is 27.0. The molecule has 0 aliphatic carbocycles. The van der Waals surface area contributed by atoms with Crippen LogP contribution in [0, 0.1) is 23.5 Å². The summed E-state index contributed by atoms with van der Waals surface area (Å²) in [5.41, 5.74) is 2.75. The summed E-state index contributed by atoms with van der Waals surface area (Å²) in [5, 5.41) is 0. The number of hydrogen-bond donors (Lipinski definition) is 2. The molecule has 0 saturated heterocycles. The third-order valence-corrected chi connectivity index (χ3v) is 3.39. The van der Waals surface area contributed by atoms with E-state index in [2.05, 4.69) is 19.3 Å². The number of nitrogens with two attached hydrogens (primary N) is 1. The highest BCUT2D eigenvalue weighted by Gasteiger charge is 2.22. The molecule has 0 aromatic heterocycles. The Morgan fingerprint density at radius 2 is 1.71 bits per heavy atom. The van der Waals surface area contributed by atoms with Crippen LogP contribution in [-0.4, -0.2) is 6.04 Å². The zero-order valence-electron chi connectivity index (χ0n) is 10.5. The molecule has 1 aromatic carbocycles. The Morgan fingerprint density at radius 3 is 2.12 bits per heavy atom. The minimum atomic E-state index is -0.513. The molecular weight excluding hydrogens is 222 g/mol. The van der Waals surface area contributed by atoms with E-state index in [1.807, 2.05) is 6.92 Å². The van der Waals surface area contributed by atoms with Crippen LogP contribution < -0.4 is 11.3 Å². The first-order valence-corrected chi connectivity index (χ1v) is 5.86. The minimum Gasteiger partial charge on any atom is -0.271 e. The maximum atomic E-state index is 13.5. The molecule has 2 unspecified atom stereocenters. The van der Waals surface area contributed by atoms with Crippen LogP contribution in [0.4, 0.5) is 8.78 Å². The predicted molar refractivity (Wildman–Crippen MR) is 65.2 cm³/mol. The second-order valence-corrected chi connectivity index (χ2v) is 4.78. The van der Waals surface area contributed by atoms with Gasteiger partial charge in [0.1, 0.15) is 11.6 Å². The number of rotatable bonds is 5. The third-order valence-electron chi connectivity index (χ3n) is 3.39. The van der Waals surface area contributed by atoms with Gasteiger partial charge < -0.3 is 0 Å². The SMILES string of the molecule is CC(C)C(C)C(Cc1c(F)cccc1F)NN. The molecule has 0 amide bonds. The Hall–Kier alpha value is -1.00. The van der Waals surface area contributed by atoms with Gasteiger partial charge in [-0.1, -0.05) is 26.8 Å². The molecule has 17 heavy (non-hydrogen) atoms.